The van der Waals surface area contributed by atoms with Crippen LogP contribution in [0.1, 0.15) is 65.2 Å². The Morgan fingerprint density at radius 2 is 1.71 bits per heavy atom. The van der Waals surface area contributed by atoms with E-state index in [1.54, 1.807) is 6.26 Å². The molecule has 1 unspecified atom stereocenters. The van der Waals surface area contributed by atoms with Crippen LogP contribution in [-0.4, -0.2) is 6.10 Å². The lowest BCUT2D eigenvalue weighted by molar-refractivity contribution is 0.129. The van der Waals surface area contributed by atoms with Gasteiger partial charge in [-0.05, 0) is 19.3 Å². The van der Waals surface area contributed by atoms with Crippen molar-refractivity contribution in [3.63, 3.8) is 0 Å². The number of hydrogen-bond donors (Lipinski definition) is 0. The summed E-state index contributed by atoms with van der Waals surface area (Å²) in [6, 6.07) is 0. The van der Waals surface area contributed by atoms with Crippen LogP contribution in [0.25, 0.3) is 0 Å². The van der Waals surface area contributed by atoms with Crippen LogP contribution in [0.4, 0.5) is 0 Å². The molecule has 84 valence electrons. The Bertz CT molecular complexity index is 120. The molecule has 0 fully saturated rings. The van der Waals surface area contributed by atoms with Crippen LogP contribution in [0.15, 0.2) is 12.8 Å². The van der Waals surface area contributed by atoms with Crippen LogP contribution in [0.3, 0.4) is 0 Å². The van der Waals surface area contributed by atoms with Gasteiger partial charge in [0.2, 0.25) is 0 Å². The maximum Gasteiger partial charge on any atom is 0.0975 e. The molecule has 0 heterocycles. The molecule has 0 aromatic carbocycles. The lowest BCUT2D eigenvalue weighted by Gasteiger charge is -2.13. The first-order valence-corrected chi connectivity index (χ1v) is 6.11. The van der Waals surface area contributed by atoms with E-state index in [4.69, 9.17) is 4.74 Å². The minimum atomic E-state index is 0.402. The second-order valence-corrected chi connectivity index (χ2v) is 3.89. The largest absolute Gasteiger partial charge is 0.499 e. The predicted octanol–water partition coefficient (Wildman–Crippen LogP) is 4.68. The lowest BCUT2D eigenvalue weighted by Crippen LogP contribution is -2.07. The van der Waals surface area contributed by atoms with E-state index in [0.717, 1.165) is 6.42 Å². The molecule has 0 saturated heterocycles. The molecule has 0 N–H and O–H groups in total. The molecule has 0 saturated carbocycles. The van der Waals surface area contributed by atoms with Gasteiger partial charge >= 0.3 is 0 Å². The summed E-state index contributed by atoms with van der Waals surface area (Å²) in [5.41, 5.74) is 0. The van der Waals surface area contributed by atoms with Crippen molar-refractivity contribution in [1.82, 2.24) is 0 Å². The predicted molar refractivity (Wildman–Crippen MR) is 63.4 cm³/mol. The highest BCUT2D eigenvalue weighted by Crippen LogP contribution is 2.12. The van der Waals surface area contributed by atoms with Gasteiger partial charge in [0.15, 0.2) is 0 Å². The first kappa shape index (κ1) is 13.5. The molecule has 0 aliphatic heterocycles. The minimum absolute atomic E-state index is 0.402. The fourth-order valence-electron chi connectivity index (χ4n) is 1.66. The lowest BCUT2D eigenvalue weighted by atomic mass is 10.1. The van der Waals surface area contributed by atoms with Gasteiger partial charge < -0.3 is 4.74 Å². The molecule has 0 radical (unpaired) electrons. The smallest absolute Gasteiger partial charge is 0.0975 e. The Morgan fingerprint density at radius 1 is 1.07 bits per heavy atom. The van der Waals surface area contributed by atoms with Crippen molar-refractivity contribution in [3.05, 3.63) is 12.8 Å². The number of rotatable bonds is 10. The molecule has 1 nitrogen and oxygen atoms in total. The highest BCUT2D eigenvalue weighted by molar-refractivity contribution is 4.61. The van der Waals surface area contributed by atoms with E-state index in [-0.39, 0.29) is 0 Å². The van der Waals surface area contributed by atoms with Gasteiger partial charge in [-0.3, -0.25) is 0 Å². The third kappa shape index (κ3) is 8.15. The molecule has 0 aliphatic rings. The van der Waals surface area contributed by atoms with E-state index in [0.29, 0.717) is 6.10 Å². The summed E-state index contributed by atoms with van der Waals surface area (Å²) in [6.07, 6.45) is 12.4. The van der Waals surface area contributed by atoms with Crippen molar-refractivity contribution in [2.75, 3.05) is 0 Å². The number of hydrogen-bond acceptors (Lipinski definition) is 1. The Kier molecular flexibility index (Phi) is 10.3. The van der Waals surface area contributed by atoms with Gasteiger partial charge in [0.1, 0.15) is 0 Å². The molecule has 0 amide bonds. The summed E-state index contributed by atoms with van der Waals surface area (Å²) in [6.45, 7) is 8.02. The molecular formula is C13H26O. The van der Waals surface area contributed by atoms with Crippen molar-refractivity contribution in [2.24, 2.45) is 0 Å². The van der Waals surface area contributed by atoms with E-state index >= 15 is 0 Å². The Morgan fingerprint density at radius 3 is 2.29 bits per heavy atom. The van der Waals surface area contributed by atoms with Gasteiger partial charge in [0.05, 0.1) is 12.4 Å². The van der Waals surface area contributed by atoms with E-state index in [9.17, 15) is 0 Å². The molecule has 0 aromatic rings. The maximum atomic E-state index is 5.38. The normalized spacial score (nSPS) is 12.4. The van der Waals surface area contributed by atoms with Crippen molar-refractivity contribution in [1.29, 1.82) is 0 Å². The second kappa shape index (κ2) is 10.6. The SMILES string of the molecule is C=COC(CC)CCCCCCCC. The zero-order valence-electron chi connectivity index (χ0n) is 9.93. The summed E-state index contributed by atoms with van der Waals surface area (Å²) in [5, 5.41) is 0. The van der Waals surface area contributed by atoms with Crippen LogP contribution in [0.2, 0.25) is 0 Å². The van der Waals surface area contributed by atoms with E-state index in [1.165, 1.54) is 44.9 Å². The van der Waals surface area contributed by atoms with Crippen molar-refractivity contribution >= 4 is 0 Å². The monoisotopic (exact) mass is 198 g/mol. The molecule has 0 aromatic heterocycles. The number of unbranched alkanes of at least 4 members (excludes halogenated alkanes) is 5. The molecule has 0 rings (SSSR count). The summed E-state index contributed by atoms with van der Waals surface area (Å²) in [4.78, 5) is 0. The molecule has 1 atom stereocenters. The average molecular weight is 198 g/mol. The van der Waals surface area contributed by atoms with Gasteiger partial charge in [-0.15, -0.1) is 0 Å². The second-order valence-electron chi connectivity index (χ2n) is 3.89. The number of ether oxygens (including phenoxy) is 1. The Labute approximate surface area is 89.5 Å². The van der Waals surface area contributed by atoms with Crippen LogP contribution in [0.5, 0.6) is 0 Å². The van der Waals surface area contributed by atoms with Crippen LogP contribution in [-0.2, 0) is 4.74 Å². The van der Waals surface area contributed by atoms with Crippen LogP contribution in [0, 0.1) is 0 Å². The van der Waals surface area contributed by atoms with Gasteiger partial charge in [-0.1, -0.05) is 52.5 Å². The molecule has 1 heteroatoms. The molecule has 14 heavy (non-hydrogen) atoms. The van der Waals surface area contributed by atoms with E-state index in [1.807, 2.05) is 0 Å². The summed E-state index contributed by atoms with van der Waals surface area (Å²) in [7, 11) is 0. The molecule has 0 bridgehead atoms. The third-order valence-corrected chi connectivity index (χ3v) is 2.62. The first-order chi connectivity index (χ1) is 6.85. The van der Waals surface area contributed by atoms with Crippen molar-refractivity contribution in [3.8, 4) is 0 Å². The molecular weight excluding hydrogens is 172 g/mol. The van der Waals surface area contributed by atoms with Crippen molar-refractivity contribution in [2.45, 2.75) is 71.3 Å². The zero-order chi connectivity index (χ0) is 10.6. The summed E-state index contributed by atoms with van der Waals surface area (Å²) < 4.78 is 5.38. The summed E-state index contributed by atoms with van der Waals surface area (Å²) in [5.74, 6) is 0. The Balaban J connectivity index is 3.19. The topological polar surface area (TPSA) is 9.23 Å². The quantitative estimate of drug-likeness (QED) is 0.366. The fraction of sp³-hybridized carbons (Fsp3) is 0.846. The van der Waals surface area contributed by atoms with Gasteiger partial charge in [-0.25, -0.2) is 0 Å². The van der Waals surface area contributed by atoms with Gasteiger partial charge in [-0.2, -0.15) is 0 Å². The maximum absolute atomic E-state index is 5.38. The molecule has 0 spiro atoms. The summed E-state index contributed by atoms with van der Waals surface area (Å²) >= 11 is 0. The zero-order valence-corrected chi connectivity index (χ0v) is 9.93. The fourth-order valence-corrected chi connectivity index (χ4v) is 1.66. The van der Waals surface area contributed by atoms with Gasteiger partial charge in [0.25, 0.3) is 0 Å². The van der Waals surface area contributed by atoms with Crippen LogP contribution >= 0.6 is 0 Å². The highest BCUT2D eigenvalue weighted by Gasteiger charge is 2.03. The van der Waals surface area contributed by atoms with Gasteiger partial charge in [0, 0.05) is 0 Å². The minimum Gasteiger partial charge on any atom is -0.499 e. The molecule has 0 aliphatic carbocycles. The van der Waals surface area contributed by atoms with E-state index < -0.39 is 0 Å². The third-order valence-electron chi connectivity index (χ3n) is 2.62. The standard InChI is InChI=1S/C13H26O/c1-4-7-8-9-10-11-12-13(5-2)14-6-3/h6,13H,3-5,7-12H2,1-2H3. The van der Waals surface area contributed by atoms with E-state index in [2.05, 4.69) is 20.4 Å². The van der Waals surface area contributed by atoms with Crippen LogP contribution < -0.4 is 0 Å². The van der Waals surface area contributed by atoms with Crippen molar-refractivity contribution < 1.29 is 4.74 Å². The first-order valence-electron chi connectivity index (χ1n) is 6.11. The average Bonchev–Trinajstić information content (AvgIpc) is 2.21. The highest BCUT2D eigenvalue weighted by atomic mass is 16.5. The Hall–Kier alpha value is -0.460.